The van der Waals surface area contributed by atoms with Crippen molar-refractivity contribution in [2.45, 2.75) is 12.6 Å². The summed E-state index contributed by atoms with van der Waals surface area (Å²) in [5.41, 5.74) is 5.10. The number of halogens is 3. The van der Waals surface area contributed by atoms with Crippen molar-refractivity contribution in [3.63, 3.8) is 0 Å². The van der Waals surface area contributed by atoms with E-state index in [1.54, 1.807) is 0 Å². The molecule has 1 aromatic rings. The molecule has 0 bridgehead atoms. The number of H-pyrrole nitrogens is 1. The molecular weight excluding hydrogens is 215 g/mol. The van der Waals surface area contributed by atoms with Gasteiger partial charge in [-0.3, -0.25) is 9.89 Å². The molecule has 6 nitrogen and oxygen atoms in total. The van der Waals surface area contributed by atoms with Gasteiger partial charge in [0.15, 0.2) is 0 Å². The van der Waals surface area contributed by atoms with Crippen molar-refractivity contribution in [1.82, 2.24) is 20.5 Å². The van der Waals surface area contributed by atoms with Crippen LogP contribution < -0.4 is 11.1 Å². The van der Waals surface area contributed by atoms with E-state index < -0.39 is 25.0 Å². The molecule has 0 aliphatic carbocycles. The van der Waals surface area contributed by atoms with Gasteiger partial charge in [-0.15, -0.1) is 5.10 Å². The van der Waals surface area contributed by atoms with E-state index in [1.165, 1.54) is 0 Å². The van der Waals surface area contributed by atoms with Crippen LogP contribution in [-0.2, 0) is 0 Å². The Kier molecular flexibility index (Phi) is 3.12. The number of aromatic amines is 1. The molecule has 84 valence electrons. The number of nitrogens with one attached hydrogen (secondary N) is 2. The third kappa shape index (κ3) is 3.83. The van der Waals surface area contributed by atoms with Gasteiger partial charge in [0.05, 0.1) is 6.42 Å². The molecule has 9 heteroatoms. The topological polar surface area (TPSA) is 96.7 Å². The zero-order valence-corrected chi connectivity index (χ0v) is 7.43. The quantitative estimate of drug-likeness (QED) is 0.675. The van der Waals surface area contributed by atoms with E-state index in [0.29, 0.717) is 0 Å². The highest BCUT2D eigenvalue weighted by atomic mass is 19.4. The third-order valence-electron chi connectivity index (χ3n) is 1.41. The number of carbonyl (C=O) groups is 1. The lowest BCUT2D eigenvalue weighted by Gasteiger charge is -2.05. The summed E-state index contributed by atoms with van der Waals surface area (Å²) in [5.74, 6) is -1.13. The maximum atomic E-state index is 11.7. The summed E-state index contributed by atoms with van der Waals surface area (Å²) in [7, 11) is 0. The molecule has 0 aliphatic heterocycles. The Hall–Kier alpha value is -1.80. The predicted molar refractivity (Wildman–Crippen MR) is 43.8 cm³/mol. The summed E-state index contributed by atoms with van der Waals surface area (Å²) in [6.45, 7) is -0.511. The van der Waals surface area contributed by atoms with Gasteiger partial charge >= 0.3 is 6.18 Å². The monoisotopic (exact) mass is 223 g/mol. The Labute approximate surface area is 82.1 Å². The number of hydrogen-bond acceptors (Lipinski definition) is 4. The zero-order valence-electron chi connectivity index (χ0n) is 7.43. The summed E-state index contributed by atoms with van der Waals surface area (Å²) in [6.07, 6.45) is -5.39. The van der Waals surface area contributed by atoms with Gasteiger partial charge in [0.25, 0.3) is 5.91 Å². The van der Waals surface area contributed by atoms with E-state index in [-0.39, 0.29) is 11.8 Å². The van der Waals surface area contributed by atoms with E-state index in [9.17, 15) is 18.0 Å². The molecule has 0 saturated carbocycles. The Bertz CT molecular complexity index is 347. The van der Waals surface area contributed by atoms with Gasteiger partial charge in [0.2, 0.25) is 11.8 Å². The fourth-order valence-electron chi connectivity index (χ4n) is 0.778. The fraction of sp³-hybridized carbons (Fsp3) is 0.500. The minimum absolute atomic E-state index is 0.143. The van der Waals surface area contributed by atoms with Crippen LogP contribution in [0, 0.1) is 0 Å². The molecule has 1 rings (SSSR count). The Morgan fingerprint density at radius 3 is 2.67 bits per heavy atom. The summed E-state index contributed by atoms with van der Waals surface area (Å²) < 4.78 is 35.1. The van der Waals surface area contributed by atoms with E-state index in [4.69, 9.17) is 5.73 Å². The number of nitrogens with two attached hydrogens (primary N) is 1. The molecule has 1 amide bonds. The minimum Gasteiger partial charge on any atom is -0.366 e. The molecule has 0 atom stereocenters. The number of aromatic nitrogens is 3. The summed E-state index contributed by atoms with van der Waals surface area (Å²) in [5, 5.41) is 7.55. The Balaban J connectivity index is 2.37. The van der Waals surface area contributed by atoms with Crippen molar-refractivity contribution in [2.75, 3.05) is 12.3 Å². The highest BCUT2D eigenvalue weighted by Gasteiger charge is 2.26. The van der Waals surface area contributed by atoms with Gasteiger partial charge in [-0.2, -0.15) is 18.2 Å². The molecular formula is C6H8F3N5O. The lowest BCUT2D eigenvalue weighted by atomic mass is 10.4. The van der Waals surface area contributed by atoms with Crippen molar-refractivity contribution < 1.29 is 18.0 Å². The zero-order chi connectivity index (χ0) is 11.5. The highest BCUT2D eigenvalue weighted by molar-refractivity contribution is 5.90. The smallest absolute Gasteiger partial charge is 0.366 e. The van der Waals surface area contributed by atoms with Gasteiger partial charge in [-0.25, -0.2) is 0 Å². The Morgan fingerprint density at radius 1 is 1.53 bits per heavy atom. The van der Waals surface area contributed by atoms with E-state index in [2.05, 4.69) is 15.2 Å². The van der Waals surface area contributed by atoms with Gasteiger partial charge in [0, 0.05) is 6.54 Å². The highest BCUT2D eigenvalue weighted by Crippen LogP contribution is 2.18. The molecule has 4 N–H and O–H groups in total. The molecule has 0 aromatic carbocycles. The summed E-state index contributed by atoms with van der Waals surface area (Å²) >= 11 is 0. The molecule has 0 aliphatic rings. The van der Waals surface area contributed by atoms with Crippen LogP contribution in [0.25, 0.3) is 0 Å². The standard InChI is InChI=1S/C6H8F3N5O/c7-6(8,9)1-2-11-4(15)3-12-5(10)14-13-3/h1-2H2,(H,11,15)(H3,10,12,13,14). The molecule has 15 heavy (non-hydrogen) atoms. The molecule has 0 radical (unpaired) electrons. The lowest BCUT2D eigenvalue weighted by molar-refractivity contribution is -0.133. The van der Waals surface area contributed by atoms with Crippen LogP contribution in [0.1, 0.15) is 17.0 Å². The third-order valence-corrected chi connectivity index (χ3v) is 1.41. The van der Waals surface area contributed by atoms with Crippen molar-refractivity contribution in [3.05, 3.63) is 5.82 Å². The van der Waals surface area contributed by atoms with Crippen LogP contribution in [0.15, 0.2) is 0 Å². The lowest BCUT2D eigenvalue weighted by Crippen LogP contribution is -2.28. The molecule has 0 fully saturated rings. The van der Waals surface area contributed by atoms with Crippen molar-refractivity contribution in [2.24, 2.45) is 0 Å². The van der Waals surface area contributed by atoms with Crippen molar-refractivity contribution in [3.8, 4) is 0 Å². The second kappa shape index (κ2) is 4.15. The normalized spacial score (nSPS) is 11.4. The summed E-state index contributed by atoms with van der Waals surface area (Å²) in [6, 6.07) is 0. The van der Waals surface area contributed by atoms with Gasteiger partial charge in [-0.1, -0.05) is 0 Å². The molecule has 0 saturated heterocycles. The number of nitrogen functional groups attached to an aromatic ring is 1. The second-order valence-corrected chi connectivity index (χ2v) is 2.66. The number of amides is 1. The van der Waals surface area contributed by atoms with Crippen molar-refractivity contribution >= 4 is 11.9 Å². The van der Waals surface area contributed by atoms with Gasteiger partial charge < -0.3 is 11.1 Å². The Morgan fingerprint density at radius 2 is 2.20 bits per heavy atom. The first kappa shape index (κ1) is 11.3. The maximum absolute atomic E-state index is 11.7. The minimum atomic E-state index is -4.30. The van der Waals surface area contributed by atoms with Gasteiger partial charge in [0.1, 0.15) is 0 Å². The van der Waals surface area contributed by atoms with Crippen LogP contribution in [0.3, 0.4) is 0 Å². The van der Waals surface area contributed by atoms with Crippen LogP contribution in [0.4, 0.5) is 19.1 Å². The number of rotatable bonds is 3. The SMILES string of the molecule is Nc1n[nH]c(C(=O)NCCC(F)(F)F)n1. The number of anilines is 1. The average Bonchev–Trinajstić information content (AvgIpc) is 2.49. The van der Waals surface area contributed by atoms with Crippen LogP contribution in [-0.4, -0.2) is 33.8 Å². The number of nitrogens with zero attached hydrogens (tertiary/aromatic N) is 2. The molecule has 0 spiro atoms. The molecule has 1 aromatic heterocycles. The van der Waals surface area contributed by atoms with E-state index in [0.717, 1.165) is 0 Å². The first-order chi connectivity index (χ1) is 6.88. The predicted octanol–water partition coefficient (Wildman–Crippen LogP) is 0.0691. The summed E-state index contributed by atoms with van der Waals surface area (Å²) in [4.78, 5) is 14.5. The number of alkyl halides is 3. The van der Waals surface area contributed by atoms with E-state index in [1.807, 2.05) is 5.32 Å². The maximum Gasteiger partial charge on any atom is 0.390 e. The fourth-order valence-corrected chi connectivity index (χ4v) is 0.778. The first-order valence-electron chi connectivity index (χ1n) is 3.91. The van der Waals surface area contributed by atoms with Crippen LogP contribution in [0.5, 0.6) is 0 Å². The van der Waals surface area contributed by atoms with Crippen LogP contribution >= 0.6 is 0 Å². The average molecular weight is 223 g/mol. The molecule has 1 heterocycles. The number of carbonyl (C=O) groups excluding carboxylic acids is 1. The van der Waals surface area contributed by atoms with Gasteiger partial charge in [-0.05, 0) is 0 Å². The molecule has 0 unspecified atom stereocenters. The first-order valence-corrected chi connectivity index (χ1v) is 3.91. The largest absolute Gasteiger partial charge is 0.390 e. The second-order valence-electron chi connectivity index (χ2n) is 2.66. The van der Waals surface area contributed by atoms with E-state index >= 15 is 0 Å². The van der Waals surface area contributed by atoms with Crippen molar-refractivity contribution in [1.29, 1.82) is 0 Å². The number of hydrogen-bond donors (Lipinski definition) is 3. The van der Waals surface area contributed by atoms with Crippen LogP contribution in [0.2, 0.25) is 0 Å².